The zero-order valence-corrected chi connectivity index (χ0v) is 11.6. The van der Waals surface area contributed by atoms with E-state index in [1.807, 2.05) is 0 Å². The zero-order valence-electron chi connectivity index (χ0n) is 11.6. The van der Waals surface area contributed by atoms with Crippen molar-refractivity contribution in [3.8, 4) is 0 Å². The maximum atomic E-state index is 12.3. The normalized spacial score (nSPS) is 18.6. The Labute approximate surface area is 106 Å². The van der Waals surface area contributed by atoms with Crippen molar-refractivity contribution in [3.63, 3.8) is 0 Å². The summed E-state index contributed by atoms with van der Waals surface area (Å²) >= 11 is 0. The van der Waals surface area contributed by atoms with Crippen LogP contribution in [0.2, 0.25) is 0 Å². The summed E-state index contributed by atoms with van der Waals surface area (Å²) in [4.78, 5) is 12.3. The summed E-state index contributed by atoms with van der Waals surface area (Å²) in [7, 11) is 0. The van der Waals surface area contributed by atoms with E-state index in [9.17, 15) is 4.79 Å². The molecular formula is C14H28N2O. The van der Waals surface area contributed by atoms with E-state index in [0.717, 1.165) is 38.9 Å². The van der Waals surface area contributed by atoms with Gasteiger partial charge in [-0.25, -0.2) is 0 Å². The standard InChI is InChI=1S/C14H28N2O/c1-4-15-9-10-16-13(17)14(11-12(2)3)7-5-6-8-14/h12,15H,4-11H2,1-3H3,(H,16,17). The molecule has 0 atom stereocenters. The van der Waals surface area contributed by atoms with Crippen LogP contribution in [0, 0.1) is 11.3 Å². The summed E-state index contributed by atoms with van der Waals surface area (Å²) in [6.45, 7) is 9.11. The predicted molar refractivity (Wildman–Crippen MR) is 71.9 cm³/mol. The van der Waals surface area contributed by atoms with E-state index in [1.165, 1.54) is 12.8 Å². The van der Waals surface area contributed by atoms with Gasteiger partial charge in [-0.15, -0.1) is 0 Å². The average molecular weight is 240 g/mol. The number of amides is 1. The fourth-order valence-electron chi connectivity index (χ4n) is 2.99. The van der Waals surface area contributed by atoms with Crippen LogP contribution in [0.15, 0.2) is 0 Å². The van der Waals surface area contributed by atoms with Gasteiger partial charge in [-0.2, -0.15) is 0 Å². The number of hydrogen-bond acceptors (Lipinski definition) is 2. The molecule has 0 aromatic carbocycles. The van der Waals surface area contributed by atoms with Crippen LogP contribution in [0.1, 0.15) is 52.9 Å². The molecule has 3 heteroatoms. The van der Waals surface area contributed by atoms with Gasteiger partial charge in [0, 0.05) is 18.5 Å². The Hall–Kier alpha value is -0.570. The van der Waals surface area contributed by atoms with Gasteiger partial charge in [0.05, 0.1) is 0 Å². The third kappa shape index (κ3) is 4.30. The molecular weight excluding hydrogens is 212 g/mol. The largest absolute Gasteiger partial charge is 0.354 e. The Balaban J connectivity index is 2.43. The van der Waals surface area contributed by atoms with E-state index in [0.29, 0.717) is 11.8 Å². The molecule has 2 N–H and O–H groups in total. The summed E-state index contributed by atoms with van der Waals surface area (Å²) in [5.74, 6) is 0.897. The van der Waals surface area contributed by atoms with Crippen molar-refractivity contribution in [1.29, 1.82) is 0 Å². The molecule has 0 spiro atoms. The maximum absolute atomic E-state index is 12.3. The molecule has 1 saturated carbocycles. The maximum Gasteiger partial charge on any atom is 0.226 e. The van der Waals surface area contributed by atoms with Crippen LogP contribution in [0.25, 0.3) is 0 Å². The van der Waals surface area contributed by atoms with Crippen LogP contribution in [0.5, 0.6) is 0 Å². The average Bonchev–Trinajstić information content (AvgIpc) is 2.73. The van der Waals surface area contributed by atoms with Gasteiger partial charge in [0.1, 0.15) is 0 Å². The van der Waals surface area contributed by atoms with Gasteiger partial charge in [-0.3, -0.25) is 4.79 Å². The van der Waals surface area contributed by atoms with E-state index in [1.54, 1.807) is 0 Å². The smallest absolute Gasteiger partial charge is 0.226 e. The molecule has 3 nitrogen and oxygen atoms in total. The summed E-state index contributed by atoms with van der Waals surface area (Å²) in [5, 5.41) is 6.34. The lowest BCUT2D eigenvalue weighted by atomic mass is 9.77. The molecule has 0 bridgehead atoms. The van der Waals surface area contributed by atoms with Crippen LogP contribution < -0.4 is 10.6 Å². The van der Waals surface area contributed by atoms with Crippen LogP contribution in [0.4, 0.5) is 0 Å². The first kappa shape index (κ1) is 14.5. The third-order valence-corrected chi connectivity index (χ3v) is 3.68. The van der Waals surface area contributed by atoms with Crippen LogP contribution in [-0.4, -0.2) is 25.5 Å². The SMILES string of the molecule is CCNCCNC(=O)C1(CC(C)C)CCCC1. The lowest BCUT2D eigenvalue weighted by molar-refractivity contribution is -0.131. The summed E-state index contributed by atoms with van der Waals surface area (Å²) in [5.41, 5.74) is -0.0552. The molecule has 0 aromatic rings. The molecule has 1 amide bonds. The second-order valence-electron chi connectivity index (χ2n) is 5.69. The molecule has 1 aliphatic rings. The highest BCUT2D eigenvalue weighted by molar-refractivity contribution is 5.82. The minimum absolute atomic E-state index is 0.0552. The van der Waals surface area contributed by atoms with Crippen molar-refractivity contribution >= 4 is 5.91 Å². The van der Waals surface area contributed by atoms with Crippen molar-refractivity contribution in [2.75, 3.05) is 19.6 Å². The first-order valence-electron chi connectivity index (χ1n) is 7.10. The molecule has 1 aliphatic carbocycles. The second kappa shape index (κ2) is 7.00. The quantitative estimate of drug-likeness (QED) is 0.671. The highest BCUT2D eigenvalue weighted by Gasteiger charge is 2.40. The highest BCUT2D eigenvalue weighted by atomic mass is 16.2. The van der Waals surface area contributed by atoms with Gasteiger partial charge >= 0.3 is 0 Å². The molecule has 0 unspecified atom stereocenters. The minimum atomic E-state index is -0.0552. The van der Waals surface area contributed by atoms with Gasteiger partial charge in [0.2, 0.25) is 5.91 Å². The van der Waals surface area contributed by atoms with Crippen molar-refractivity contribution in [1.82, 2.24) is 10.6 Å². The first-order chi connectivity index (χ1) is 8.10. The second-order valence-corrected chi connectivity index (χ2v) is 5.69. The molecule has 0 aliphatic heterocycles. The molecule has 1 rings (SSSR count). The number of carbonyl (C=O) groups excluding carboxylic acids is 1. The van der Waals surface area contributed by atoms with E-state index in [-0.39, 0.29) is 5.41 Å². The summed E-state index contributed by atoms with van der Waals surface area (Å²) in [6.07, 6.45) is 5.64. The molecule has 0 heterocycles. The first-order valence-corrected chi connectivity index (χ1v) is 7.10. The minimum Gasteiger partial charge on any atom is -0.354 e. The monoisotopic (exact) mass is 240 g/mol. The zero-order chi connectivity index (χ0) is 12.7. The Morgan fingerprint density at radius 1 is 1.24 bits per heavy atom. The Morgan fingerprint density at radius 2 is 1.88 bits per heavy atom. The van der Waals surface area contributed by atoms with Crippen LogP contribution in [0.3, 0.4) is 0 Å². The van der Waals surface area contributed by atoms with Gasteiger partial charge in [0.25, 0.3) is 0 Å². The Kier molecular flexibility index (Phi) is 5.96. The van der Waals surface area contributed by atoms with Crippen LogP contribution in [-0.2, 0) is 4.79 Å². The lowest BCUT2D eigenvalue weighted by Gasteiger charge is -2.29. The number of nitrogens with one attached hydrogen (secondary N) is 2. The highest BCUT2D eigenvalue weighted by Crippen LogP contribution is 2.43. The molecule has 0 saturated heterocycles. The third-order valence-electron chi connectivity index (χ3n) is 3.68. The predicted octanol–water partition coefficient (Wildman–Crippen LogP) is 2.32. The summed E-state index contributed by atoms with van der Waals surface area (Å²) in [6, 6.07) is 0. The van der Waals surface area contributed by atoms with Crippen molar-refractivity contribution < 1.29 is 4.79 Å². The van der Waals surface area contributed by atoms with E-state index in [4.69, 9.17) is 0 Å². The Bertz CT molecular complexity index is 232. The number of carbonyl (C=O) groups is 1. The van der Waals surface area contributed by atoms with Crippen molar-refractivity contribution in [2.24, 2.45) is 11.3 Å². The fraction of sp³-hybridized carbons (Fsp3) is 0.929. The number of likely N-dealkylation sites (N-methyl/N-ethyl adjacent to an activating group) is 1. The Morgan fingerprint density at radius 3 is 2.41 bits per heavy atom. The van der Waals surface area contributed by atoms with Gasteiger partial charge in [-0.1, -0.05) is 33.6 Å². The van der Waals surface area contributed by atoms with E-state index in [2.05, 4.69) is 31.4 Å². The summed E-state index contributed by atoms with van der Waals surface area (Å²) < 4.78 is 0. The molecule has 0 radical (unpaired) electrons. The van der Waals surface area contributed by atoms with Gasteiger partial charge in [0.15, 0.2) is 0 Å². The molecule has 0 aromatic heterocycles. The number of hydrogen-bond donors (Lipinski definition) is 2. The van der Waals surface area contributed by atoms with Crippen molar-refractivity contribution in [2.45, 2.75) is 52.9 Å². The molecule has 1 fully saturated rings. The van der Waals surface area contributed by atoms with Gasteiger partial charge in [-0.05, 0) is 31.7 Å². The van der Waals surface area contributed by atoms with Gasteiger partial charge < -0.3 is 10.6 Å². The van der Waals surface area contributed by atoms with Crippen molar-refractivity contribution in [3.05, 3.63) is 0 Å². The van der Waals surface area contributed by atoms with E-state index < -0.39 is 0 Å². The number of rotatable bonds is 7. The van der Waals surface area contributed by atoms with E-state index >= 15 is 0 Å². The topological polar surface area (TPSA) is 41.1 Å². The van der Waals surface area contributed by atoms with Crippen LogP contribution >= 0.6 is 0 Å². The fourth-order valence-corrected chi connectivity index (χ4v) is 2.99. The molecule has 100 valence electrons. The lowest BCUT2D eigenvalue weighted by Crippen LogP contribution is -2.42. The molecule has 17 heavy (non-hydrogen) atoms.